The third-order valence-corrected chi connectivity index (χ3v) is 4.59. The molecule has 0 saturated carbocycles. The van der Waals surface area contributed by atoms with Crippen LogP contribution in [0.15, 0.2) is 24.3 Å². The molecule has 2 aromatic rings. The van der Waals surface area contributed by atoms with Gasteiger partial charge in [0.25, 0.3) is 5.91 Å². The van der Waals surface area contributed by atoms with Gasteiger partial charge in [-0.1, -0.05) is 0 Å². The lowest BCUT2D eigenvalue weighted by atomic mass is 10.0. The molecule has 2 heterocycles. The molecule has 5 nitrogen and oxygen atoms in total. The Kier molecular flexibility index (Phi) is 5.13. The van der Waals surface area contributed by atoms with Gasteiger partial charge in [-0.05, 0) is 50.6 Å². The van der Waals surface area contributed by atoms with Crippen LogP contribution in [-0.2, 0) is 13.6 Å². The zero-order chi connectivity index (χ0) is 18.0. The molecule has 1 aliphatic rings. The van der Waals surface area contributed by atoms with Crippen molar-refractivity contribution in [2.24, 2.45) is 7.05 Å². The lowest BCUT2D eigenvalue weighted by molar-refractivity contribution is 0.0894. The quantitative estimate of drug-likeness (QED) is 0.923. The Labute approximate surface area is 145 Å². The number of rotatable bonds is 4. The Morgan fingerprint density at radius 1 is 1.36 bits per heavy atom. The van der Waals surface area contributed by atoms with Crippen LogP contribution in [0.5, 0.6) is 0 Å². The van der Waals surface area contributed by atoms with Gasteiger partial charge < -0.3 is 5.32 Å². The van der Waals surface area contributed by atoms with Gasteiger partial charge in [0.1, 0.15) is 17.3 Å². The first kappa shape index (κ1) is 17.5. The second-order valence-electron chi connectivity index (χ2n) is 6.58. The highest BCUT2D eigenvalue weighted by Crippen LogP contribution is 2.17. The average Bonchev–Trinajstić information content (AvgIpc) is 2.91. The van der Waals surface area contributed by atoms with Gasteiger partial charge in [-0.25, -0.2) is 8.78 Å². The Bertz CT molecular complexity index is 755. The zero-order valence-corrected chi connectivity index (χ0v) is 14.4. The van der Waals surface area contributed by atoms with E-state index in [9.17, 15) is 13.6 Å². The van der Waals surface area contributed by atoms with Crippen LogP contribution in [0, 0.1) is 18.6 Å². The van der Waals surface area contributed by atoms with Gasteiger partial charge in [0, 0.05) is 37.4 Å². The summed E-state index contributed by atoms with van der Waals surface area (Å²) >= 11 is 0. The van der Waals surface area contributed by atoms with Gasteiger partial charge in [-0.15, -0.1) is 0 Å². The molecule has 25 heavy (non-hydrogen) atoms. The van der Waals surface area contributed by atoms with Crippen LogP contribution in [-0.4, -0.2) is 39.7 Å². The summed E-state index contributed by atoms with van der Waals surface area (Å²) in [6.45, 7) is 3.62. The van der Waals surface area contributed by atoms with Crippen LogP contribution in [0.1, 0.15) is 34.6 Å². The molecule has 1 atom stereocenters. The van der Waals surface area contributed by atoms with Crippen molar-refractivity contribution in [3.05, 3.63) is 52.9 Å². The molecule has 0 radical (unpaired) electrons. The highest BCUT2D eigenvalue weighted by molar-refractivity contribution is 5.92. The van der Waals surface area contributed by atoms with Gasteiger partial charge >= 0.3 is 0 Å². The molecule has 1 aliphatic heterocycles. The normalized spacial score (nSPS) is 18.3. The van der Waals surface area contributed by atoms with Crippen molar-refractivity contribution >= 4 is 5.91 Å². The van der Waals surface area contributed by atoms with Crippen molar-refractivity contribution in [1.29, 1.82) is 0 Å². The third-order valence-electron chi connectivity index (χ3n) is 4.59. The van der Waals surface area contributed by atoms with Gasteiger partial charge in [0.15, 0.2) is 0 Å². The lowest BCUT2D eigenvalue weighted by Gasteiger charge is -2.33. The fourth-order valence-corrected chi connectivity index (χ4v) is 3.15. The second kappa shape index (κ2) is 7.31. The van der Waals surface area contributed by atoms with Crippen LogP contribution in [0.2, 0.25) is 0 Å². The van der Waals surface area contributed by atoms with Crippen LogP contribution in [0.3, 0.4) is 0 Å². The Balaban J connectivity index is 1.61. The molecule has 0 spiro atoms. The van der Waals surface area contributed by atoms with E-state index >= 15 is 0 Å². The molecule has 3 rings (SSSR count). The van der Waals surface area contributed by atoms with Crippen molar-refractivity contribution in [2.45, 2.75) is 32.4 Å². The molecule has 1 unspecified atom stereocenters. The maximum absolute atomic E-state index is 13.8. The molecule has 1 saturated heterocycles. The van der Waals surface area contributed by atoms with Crippen molar-refractivity contribution in [1.82, 2.24) is 20.0 Å². The van der Waals surface area contributed by atoms with Gasteiger partial charge in [-0.3, -0.25) is 14.4 Å². The number of carbonyl (C=O) groups excluding carboxylic acids is 1. The summed E-state index contributed by atoms with van der Waals surface area (Å²) < 4.78 is 28.8. The summed E-state index contributed by atoms with van der Waals surface area (Å²) in [6, 6.07) is 5.22. The fourth-order valence-electron chi connectivity index (χ4n) is 3.15. The van der Waals surface area contributed by atoms with E-state index < -0.39 is 11.6 Å². The molecule has 0 aliphatic carbocycles. The van der Waals surface area contributed by atoms with E-state index in [1.807, 2.05) is 11.8 Å². The number of nitrogens with one attached hydrogen (secondary N) is 1. The molecule has 1 N–H and O–H groups in total. The van der Waals surface area contributed by atoms with E-state index in [1.54, 1.807) is 17.8 Å². The number of nitrogens with zero attached hydrogens (tertiary/aromatic N) is 3. The van der Waals surface area contributed by atoms with Gasteiger partial charge in [0.2, 0.25) is 0 Å². The molecule has 1 aromatic heterocycles. The first-order chi connectivity index (χ1) is 11.9. The number of halogens is 2. The summed E-state index contributed by atoms with van der Waals surface area (Å²) in [5.74, 6) is -1.05. The number of piperidine rings is 1. The van der Waals surface area contributed by atoms with Crippen LogP contribution < -0.4 is 5.32 Å². The number of amides is 1. The van der Waals surface area contributed by atoms with Crippen LogP contribution >= 0.6 is 0 Å². The summed E-state index contributed by atoms with van der Waals surface area (Å²) in [6.07, 6.45) is 1.75. The van der Waals surface area contributed by atoms with Crippen LogP contribution in [0.25, 0.3) is 0 Å². The topological polar surface area (TPSA) is 50.2 Å². The minimum Gasteiger partial charge on any atom is -0.347 e. The molecule has 1 fully saturated rings. The minimum absolute atomic E-state index is 0.0276. The zero-order valence-electron chi connectivity index (χ0n) is 14.4. The maximum atomic E-state index is 13.8. The highest BCUT2D eigenvalue weighted by atomic mass is 19.1. The van der Waals surface area contributed by atoms with Crippen molar-refractivity contribution < 1.29 is 13.6 Å². The number of aromatic nitrogens is 2. The number of hydrogen-bond acceptors (Lipinski definition) is 3. The standard InChI is InChI=1S/C18H22F2N4O/c1-12-8-17(22-23(12)2)18(25)21-15-4-3-7-24(11-15)10-13-9-14(19)5-6-16(13)20/h5-6,8-9,15H,3-4,7,10-11H2,1-2H3,(H,21,25). The van der Waals surface area contributed by atoms with E-state index in [0.29, 0.717) is 24.3 Å². The summed E-state index contributed by atoms with van der Waals surface area (Å²) in [5.41, 5.74) is 1.65. The lowest BCUT2D eigenvalue weighted by Crippen LogP contribution is -2.47. The van der Waals surface area contributed by atoms with E-state index in [1.165, 1.54) is 6.07 Å². The monoisotopic (exact) mass is 348 g/mol. The number of aryl methyl sites for hydroxylation is 2. The Morgan fingerprint density at radius 2 is 2.16 bits per heavy atom. The highest BCUT2D eigenvalue weighted by Gasteiger charge is 2.23. The SMILES string of the molecule is Cc1cc(C(=O)NC2CCCN(Cc3cc(F)ccc3F)C2)nn1C. The van der Waals surface area contributed by atoms with E-state index in [2.05, 4.69) is 10.4 Å². The molecular weight excluding hydrogens is 326 g/mol. The molecule has 7 heteroatoms. The number of likely N-dealkylation sites (tertiary alicyclic amines) is 1. The minimum atomic E-state index is -0.441. The second-order valence-corrected chi connectivity index (χ2v) is 6.58. The molecule has 0 bridgehead atoms. The average molecular weight is 348 g/mol. The third kappa shape index (κ3) is 4.22. The Hall–Kier alpha value is -2.28. The fraction of sp³-hybridized carbons (Fsp3) is 0.444. The predicted octanol–water partition coefficient (Wildman–Crippen LogP) is 2.40. The molecule has 1 aromatic carbocycles. The van der Waals surface area contributed by atoms with E-state index in [0.717, 1.165) is 37.2 Å². The Morgan fingerprint density at radius 3 is 2.88 bits per heavy atom. The number of benzene rings is 1. The predicted molar refractivity (Wildman–Crippen MR) is 90.1 cm³/mol. The molecule has 134 valence electrons. The number of hydrogen-bond donors (Lipinski definition) is 1. The van der Waals surface area contributed by atoms with E-state index in [4.69, 9.17) is 0 Å². The first-order valence-electron chi connectivity index (χ1n) is 8.40. The first-order valence-corrected chi connectivity index (χ1v) is 8.40. The van der Waals surface area contributed by atoms with Crippen molar-refractivity contribution in [2.75, 3.05) is 13.1 Å². The number of carbonyl (C=O) groups is 1. The smallest absolute Gasteiger partial charge is 0.272 e. The van der Waals surface area contributed by atoms with E-state index in [-0.39, 0.29) is 11.9 Å². The maximum Gasteiger partial charge on any atom is 0.272 e. The van der Waals surface area contributed by atoms with Crippen molar-refractivity contribution in [3.8, 4) is 0 Å². The van der Waals surface area contributed by atoms with Crippen molar-refractivity contribution in [3.63, 3.8) is 0 Å². The largest absolute Gasteiger partial charge is 0.347 e. The van der Waals surface area contributed by atoms with Gasteiger partial charge in [0.05, 0.1) is 0 Å². The summed E-state index contributed by atoms with van der Waals surface area (Å²) in [4.78, 5) is 14.4. The van der Waals surface area contributed by atoms with Crippen LogP contribution in [0.4, 0.5) is 8.78 Å². The molecule has 1 amide bonds. The molecular formula is C18H22F2N4O. The summed E-state index contributed by atoms with van der Waals surface area (Å²) in [5, 5.41) is 7.18. The van der Waals surface area contributed by atoms with Gasteiger partial charge in [-0.2, -0.15) is 5.10 Å². The summed E-state index contributed by atoms with van der Waals surface area (Å²) in [7, 11) is 1.79.